The summed E-state index contributed by atoms with van der Waals surface area (Å²) in [6, 6.07) is 6.15. The molecule has 6 heteroatoms. The lowest BCUT2D eigenvalue weighted by atomic mass is 10.3. The summed E-state index contributed by atoms with van der Waals surface area (Å²) < 4.78 is 31.7. The molecule has 0 aromatic heterocycles. The maximum absolute atomic E-state index is 11.9. The fourth-order valence-corrected chi connectivity index (χ4v) is 2.56. The van der Waals surface area contributed by atoms with Gasteiger partial charge in [0.25, 0.3) is 0 Å². The molecule has 0 heterocycles. The Hall–Kier alpha value is -1.11. The van der Waals surface area contributed by atoms with Crippen molar-refractivity contribution in [3.63, 3.8) is 0 Å². The first kappa shape index (κ1) is 15.9. The van der Waals surface area contributed by atoms with Gasteiger partial charge in [-0.2, -0.15) is 0 Å². The highest BCUT2D eigenvalue weighted by molar-refractivity contribution is 7.89. The number of nitrogens with two attached hydrogens (primary N) is 1. The molecule has 0 atom stereocenters. The number of nitrogens with one attached hydrogen (secondary N) is 1. The molecule has 0 radical (unpaired) electrons. The summed E-state index contributed by atoms with van der Waals surface area (Å²) in [4.78, 5) is 0.236. The van der Waals surface area contributed by atoms with Gasteiger partial charge in [-0.15, -0.1) is 0 Å². The van der Waals surface area contributed by atoms with Crippen molar-refractivity contribution in [1.82, 2.24) is 4.72 Å². The molecular formula is C13H22N2O3S. The molecule has 3 N–H and O–H groups in total. The SMILES string of the molecule is CC(C)OCCCCNS(=O)(=O)c1ccc(N)cc1. The van der Waals surface area contributed by atoms with Gasteiger partial charge in [-0.05, 0) is 51.0 Å². The number of hydrogen-bond donors (Lipinski definition) is 2. The van der Waals surface area contributed by atoms with E-state index in [9.17, 15) is 8.42 Å². The van der Waals surface area contributed by atoms with Crippen LogP contribution in [-0.2, 0) is 14.8 Å². The van der Waals surface area contributed by atoms with Crippen molar-refractivity contribution in [1.29, 1.82) is 0 Å². The number of ether oxygens (including phenoxy) is 1. The summed E-state index contributed by atoms with van der Waals surface area (Å²) in [6.45, 7) is 5.02. The molecule has 0 saturated heterocycles. The van der Waals surface area contributed by atoms with Crippen molar-refractivity contribution < 1.29 is 13.2 Å². The van der Waals surface area contributed by atoms with Gasteiger partial charge >= 0.3 is 0 Å². The fourth-order valence-electron chi connectivity index (χ4n) is 1.48. The number of rotatable bonds is 8. The molecule has 1 aromatic rings. The van der Waals surface area contributed by atoms with E-state index in [1.807, 2.05) is 13.8 Å². The molecule has 0 spiro atoms. The first-order valence-electron chi connectivity index (χ1n) is 6.38. The van der Waals surface area contributed by atoms with Crippen LogP contribution in [0.4, 0.5) is 5.69 Å². The Labute approximate surface area is 115 Å². The van der Waals surface area contributed by atoms with Crippen LogP contribution in [0.2, 0.25) is 0 Å². The molecule has 0 fully saturated rings. The van der Waals surface area contributed by atoms with Crippen molar-refractivity contribution in [3.05, 3.63) is 24.3 Å². The number of hydrogen-bond acceptors (Lipinski definition) is 4. The van der Waals surface area contributed by atoms with Gasteiger partial charge < -0.3 is 10.5 Å². The third-order valence-electron chi connectivity index (χ3n) is 2.50. The number of unbranched alkanes of at least 4 members (excludes halogenated alkanes) is 1. The average molecular weight is 286 g/mol. The average Bonchev–Trinajstić information content (AvgIpc) is 2.34. The minimum Gasteiger partial charge on any atom is -0.399 e. The molecule has 0 aliphatic heterocycles. The highest BCUT2D eigenvalue weighted by Gasteiger charge is 2.12. The van der Waals surface area contributed by atoms with E-state index in [1.54, 1.807) is 12.1 Å². The lowest BCUT2D eigenvalue weighted by molar-refractivity contribution is 0.0762. The fraction of sp³-hybridized carbons (Fsp3) is 0.538. The van der Waals surface area contributed by atoms with E-state index in [0.717, 1.165) is 12.8 Å². The van der Waals surface area contributed by atoms with Gasteiger partial charge in [-0.1, -0.05) is 0 Å². The number of benzene rings is 1. The maximum Gasteiger partial charge on any atom is 0.240 e. The highest BCUT2D eigenvalue weighted by atomic mass is 32.2. The zero-order valence-corrected chi connectivity index (χ0v) is 12.2. The van der Waals surface area contributed by atoms with E-state index in [2.05, 4.69) is 4.72 Å². The van der Waals surface area contributed by atoms with Gasteiger partial charge in [0.2, 0.25) is 10.0 Å². The predicted octanol–water partition coefficient (Wildman–Crippen LogP) is 1.75. The Morgan fingerprint density at radius 2 is 1.84 bits per heavy atom. The molecular weight excluding hydrogens is 264 g/mol. The van der Waals surface area contributed by atoms with Crippen LogP contribution in [0.25, 0.3) is 0 Å². The second-order valence-corrected chi connectivity index (χ2v) is 6.36. The molecule has 0 aliphatic rings. The van der Waals surface area contributed by atoms with Crippen molar-refractivity contribution in [2.75, 3.05) is 18.9 Å². The third-order valence-corrected chi connectivity index (χ3v) is 3.98. The molecule has 0 unspecified atom stereocenters. The third kappa shape index (κ3) is 6.04. The summed E-state index contributed by atoms with van der Waals surface area (Å²) in [5, 5.41) is 0. The maximum atomic E-state index is 11.9. The molecule has 5 nitrogen and oxygen atoms in total. The van der Waals surface area contributed by atoms with Crippen LogP contribution in [0.3, 0.4) is 0 Å². The van der Waals surface area contributed by atoms with Crippen molar-refractivity contribution in [2.45, 2.75) is 37.7 Å². The van der Waals surface area contributed by atoms with E-state index in [4.69, 9.17) is 10.5 Å². The van der Waals surface area contributed by atoms with Crippen molar-refractivity contribution in [3.8, 4) is 0 Å². The molecule has 0 amide bonds. The number of sulfonamides is 1. The van der Waals surface area contributed by atoms with Crippen LogP contribution in [0, 0.1) is 0 Å². The molecule has 1 rings (SSSR count). The Kier molecular flexibility index (Phi) is 6.27. The normalized spacial score (nSPS) is 11.9. The molecule has 1 aromatic carbocycles. The van der Waals surface area contributed by atoms with E-state index < -0.39 is 10.0 Å². The highest BCUT2D eigenvalue weighted by Crippen LogP contribution is 2.11. The first-order chi connectivity index (χ1) is 8.92. The molecule has 0 bridgehead atoms. The van der Waals surface area contributed by atoms with Crippen LogP contribution in [0.1, 0.15) is 26.7 Å². The lowest BCUT2D eigenvalue weighted by Crippen LogP contribution is -2.25. The summed E-state index contributed by atoms with van der Waals surface area (Å²) in [7, 11) is -3.43. The summed E-state index contributed by atoms with van der Waals surface area (Å²) in [6.07, 6.45) is 1.80. The second kappa shape index (κ2) is 7.47. The number of nitrogen functional groups attached to an aromatic ring is 1. The molecule has 19 heavy (non-hydrogen) atoms. The van der Waals surface area contributed by atoms with Gasteiger partial charge in [0.1, 0.15) is 0 Å². The van der Waals surface area contributed by atoms with Crippen LogP contribution in [0.15, 0.2) is 29.2 Å². The Bertz CT molecular complexity index is 469. The van der Waals surface area contributed by atoms with E-state index in [0.29, 0.717) is 18.8 Å². The Morgan fingerprint density at radius 1 is 1.21 bits per heavy atom. The Balaban J connectivity index is 2.33. The van der Waals surface area contributed by atoms with Crippen LogP contribution < -0.4 is 10.5 Å². The van der Waals surface area contributed by atoms with Crippen molar-refractivity contribution in [2.24, 2.45) is 0 Å². The van der Waals surface area contributed by atoms with Crippen molar-refractivity contribution >= 4 is 15.7 Å². The molecule has 108 valence electrons. The monoisotopic (exact) mass is 286 g/mol. The second-order valence-electron chi connectivity index (χ2n) is 4.59. The van der Waals surface area contributed by atoms with E-state index in [-0.39, 0.29) is 11.0 Å². The Morgan fingerprint density at radius 3 is 2.42 bits per heavy atom. The minimum absolute atomic E-state index is 0.214. The minimum atomic E-state index is -3.43. The van der Waals surface area contributed by atoms with Crippen LogP contribution in [0.5, 0.6) is 0 Å². The quantitative estimate of drug-likeness (QED) is 0.563. The van der Waals surface area contributed by atoms with E-state index >= 15 is 0 Å². The summed E-state index contributed by atoms with van der Waals surface area (Å²) in [5.74, 6) is 0. The summed E-state index contributed by atoms with van der Waals surface area (Å²) in [5.41, 5.74) is 6.07. The first-order valence-corrected chi connectivity index (χ1v) is 7.87. The van der Waals surface area contributed by atoms with Gasteiger partial charge in [-0.25, -0.2) is 13.1 Å². The topological polar surface area (TPSA) is 81.4 Å². The largest absolute Gasteiger partial charge is 0.399 e. The predicted molar refractivity (Wildman–Crippen MR) is 76.4 cm³/mol. The zero-order valence-electron chi connectivity index (χ0n) is 11.4. The number of anilines is 1. The zero-order chi connectivity index (χ0) is 14.3. The van der Waals surface area contributed by atoms with Crippen LogP contribution in [-0.4, -0.2) is 27.7 Å². The molecule has 0 saturated carbocycles. The van der Waals surface area contributed by atoms with Crippen LogP contribution >= 0.6 is 0 Å². The smallest absolute Gasteiger partial charge is 0.240 e. The van der Waals surface area contributed by atoms with E-state index in [1.165, 1.54) is 12.1 Å². The molecule has 0 aliphatic carbocycles. The van der Waals surface area contributed by atoms with Gasteiger partial charge in [0.05, 0.1) is 11.0 Å². The standard InChI is InChI=1S/C13H22N2O3S/c1-11(2)18-10-4-3-9-15-19(16,17)13-7-5-12(14)6-8-13/h5-8,11,15H,3-4,9-10,14H2,1-2H3. The van der Waals surface area contributed by atoms with Gasteiger partial charge in [0.15, 0.2) is 0 Å². The van der Waals surface area contributed by atoms with Gasteiger partial charge in [-0.3, -0.25) is 0 Å². The lowest BCUT2D eigenvalue weighted by Gasteiger charge is -2.08. The summed E-state index contributed by atoms with van der Waals surface area (Å²) >= 11 is 0. The van der Waals surface area contributed by atoms with Gasteiger partial charge in [0, 0.05) is 18.8 Å².